The third-order valence-electron chi connectivity index (χ3n) is 4.92. The van der Waals surface area contributed by atoms with E-state index >= 15 is 0 Å². The zero-order chi connectivity index (χ0) is 20.9. The van der Waals surface area contributed by atoms with Crippen molar-refractivity contribution in [2.75, 3.05) is 34.4 Å². The molecule has 0 aliphatic heterocycles. The summed E-state index contributed by atoms with van der Waals surface area (Å²) in [5.74, 6) is 2.65. The van der Waals surface area contributed by atoms with Crippen LogP contribution in [0, 0.1) is 0 Å². The Morgan fingerprint density at radius 1 is 0.621 bits per heavy atom. The smallest absolute Gasteiger partial charge is 0.123 e. The molecule has 0 fully saturated rings. The molecule has 2 aromatic rings. The molecule has 0 saturated carbocycles. The average molecular weight is 405 g/mol. The molecule has 0 atom stereocenters. The number of rotatable bonds is 14. The van der Waals surface area contributed by atoms with Gasteiger partial charge in [-0.1, -0.05) is 0 Å². The van der Waals surface area contributed by atoms with E-state index in [9.17, 15) is 5.11 Å². The molecule has 0 unspecified atom stereocenters. The van der Waals surface area contributed by atoms with Crippen LogP contribution in [0.4, 0.5) is 0 Å². The van der Waals surface area contributed by atoms with Crippen LogP contribution in [0.3, 0.4) is 0 Å². The van der Waals surface area contributed by atoms with Gasteiger partial charge < -0.3 is 30.0 Å². The van der Waals surface area contributed by atoms with Gasteiger partial charge in [0.2, 0.25) is 0 Å². The highest BCUT2D eigenvalue weighted by Gasteiger charge is 2.04. The molecule has 0 heterocycles. The lowest BCUT2D eigenvalue weighted by molar-refractivity contribution is -0.672. The number of phenols is 1. The summed E-state index contributed by atoms with van der Waals surface area (Å²) < 4.78 is 15.8. The summed E-state index contributed by atoms with van der Waals surface area (Å²) in [6.07, 6.45) is 4.94. The Hall–Kier alpha value is -2.44. The highest BCUT2D eigenvalue weighted by molar-refractivity contribution is 5.38. The molecule has 5 N–H and O–H groups in total. The lowest BCUT2D eigenvalue weighted by atomic mass is 10.1. The second-order valence-electron chi connectivity index (χ2n) is 7.24. The van der Waals surface area contributed by atoms with Gasteiger partial charge in [-0.2, -0.15) is 0 Å². The highest BCUT2D eigenvalue weighted by Crippen LogP contribution is 2.22. The maximum atomic E-state index is 9.68. The van der Waals surface area contributed by atoms with E-state index in [0.29, 0.717) is 5.75 Å². The number of aromatic hydroxyl groups is 1. The topological polar surface area (TPSA) is 81.1 Å². The lowest BCUT2D eigenvalue weighted by Gasteiger charge is -2.08. The van der Waals surface area contributed by atoms with Crippen molar-refractivity contribution < 1.29 is 30.0 Å². The van der Waals surface area contributed by atoms with Crippen LogP contribution in [-0.2, 0) is 13.1 Å². The van der Waals surface area contributed by atoms with Crippen LogP contribution in [0.5, 0.6) is 23.0 Å². The minimum Gasteiger partial charge on any atom is -0.508 e. The Labute approximate surface area is 174 Å². The first-order valence-corrected chi connectivity index (χ1v) is 10.4. The molecule has 0 aliphatic carbocycles. The van der Waals surface area contributed by atoms with Gasteiger partial charge >= 0.3 is 0 Å². The molecule has 2 rings (SSSR count). The van der Waals surface area contributed by atoms with E-state index in [1.807, 2.05) is 12.1 Å². The number of hydrogen-bond acceptors (Lipinski definition) is 4. The quantitative estimate of drug-likeness (QED) is 0.420. The summed E-state index contributed by atoms with van der Waals surface area (Å²) >= 11 is 0. The molecule has 0 saturated heterocycles. The Balaban J connectivity index is 1.52. The van der Waals surface area contributed by atoms with E-state index in [1.165, 1.54) is 31.2 Å². The third kappa shape index (κ3) is 8.62. The first-order chi connectivity index (χ1) is 14.1. The van der Waals surface area contributed by atoms with Gasteiger partial charge in [0, 0.05) is 23.3 Å². The molecule has 6 heteroatoms. The number of methoxy groups -OCH3 is 3. The van der Waals surface area contributed by atoms with Gasteiger partial charge in [-0.3, -0.25) is 0 Å². The van der Waals surface area contributed by atoms with E-state index < -0.39 is 0 Å². The van der Waals surface area contributed by atoms with Crippen molar-refractivity contribution in [3.8, 4) is 23.0 Å². The van der Waals surface area contributed by atoms with Crippen molar-refractivity contribution in [2.45, 2.75) is 38.8 Å². The molecule has 0 aliphatic rings. The van der Waals surface area contributed by atoms with Crippen molar-refractivity contribution in [3.05, 3.63) is 47.5 Å². The molecular formula is C23H36N2O4+2. The highest BCUT2D eigenvalue weighted by atomic mass is 16.5. The number of hydrogen-bond donors (Lipinski definition) is 3. The molecule has 2 aromatic carbocycles. The standard InChI is InChI=1S/C23H34N2O4/c1-27-21-11-18(10-20(26)14-21)16-24-8-6-4-5-7-9-25-17-19-12-22(28-2)15-23(13-19)29-3/h10-15,24-26H,4-9,16-17H2,1-3H3/p+2. The van der Waals surface area contributed by atoms with Crippen LogP contribution < -0.4 is 24.8 Å². The maximum absolute atomic E-state index is 9.68. The van der Waals surface area contributed by atoms with Crippen LogP contribution >= 0.6 is 0 Å². The van der Waals surface area contributed by atoms with Crippen LogP contribution in [0.25, 0.3) is 0 Å². The first kappa shape index (κ1) is 22.8. The molecule has 29 heavy (non-hydrogen) atoms. The van der Waals surface area contributed by atoms with Crippen LogP contribution in [0.2, 0.25) is 0 Å². The number of unbranched alkanes of at least 4 members (excludes halogenated alkanes) is 3. The summed E-state index contributed by atoms with van der Waals surface area (Å²) in [6, 6.07) is 11.4. The number of quaternary nitrogens is 2. The second kappa shape index (κ2) is 12.9. The predicted molar refractivity (Wildman–Crippen MR) is 114 cm³/mol. The molecule has 0 radical (unpaired) electrons. The Morgan fingerprint density at radius 3 is 1.55 bits per heavy atom. The number of benzene rings is 2. The minimum atomic E-state index is 0.261. The van der Waals surface area contributed by atoms with E-state index in [4.69, 9.17) is 14.2 Å². The Morgan fingerprint density at radius 2 is 1.07 bits per heavy atom. The summed E-state index contributed by atoms with van der Waals surface area (Å²) in [6.45, 7) is 4.04. The summed E-state index contributed by atoms with van der Waals surface area (Å²) in [5.41, 5.74) is 2.31. The van der Waals surface area contributed by atoms with Crippen LogP contribution in [0.15, 0.2) is 36.4 Å². The van der Waals surface area contributed by atoms with Crippen molar-refractivity contribution in [3.63, 3.8) is 0 Å². The molecule has 6 nitrogen and oxygen atoms in total. The van der Waals surface area contributed by atoms with Gasteiger partial charge in [0.25, 0.3) is 0 Å². The lowest BCUT2D eigenvalue weighted by Crippen LogP contribution is -2.82. The third-order valence-corrected chi connectivity index (χ3v) is 4.92. The van der Waals surface area contributed by atoms with Crippen LogP contribution in [0.1, 0.15) is 36.8 Å². The van der Waals surface area contributed by atoms with Crippen molar-refractivity contribution in [2.24, 2.45) is 0 Å². The molecule has 0 spiro atoms. The summed E-state index contributed by atoms with van der Waals surface area (Å²) in [7, 11) is 4.98. The first-order valence-electron chi connectivity index (χ1n) is 10.4. The number of phenolic OH excluding ortho intramolecular Hbond substituents is 1. The SMILES string of the molecule is COc1cc(O)cc(C[NH2+]CCCCCC[NH2+]Cc2cc(OC)cc(OC)c2)c1. The van der Waals surface area contributed by atoms with Crippen molar-refractivity contribution >= 4 is 0 Å². The fourth-order valence-electron chi connectivity index (χ4n) is 3.33. The fraction of sp³-hybridized carbons (Fsp3) is 0.478. The maximum Gasteiger partial charge on any atom is 0.123 e. The van der Waals surface area contributed by atoms with E-state index in [-0.39, 0.29) is 5.75 Å². The van der Waals surface area contributed by atoms with Gasteiger partial charge in [-0.15, -0.1) is 0 Å². The average Bonchev–Trinajstić information content (AvgIpc) is 2.74. The zero-order valence-corrected chi connectivity index (χ0v) is 17.9. The molecule has 0 aromatic heterocycles. The number of nitrogens with two attached hydrogens (primary N) is 2. The van der Waals surface area contributed by atoms with E-state index in [2.05, 4.69) is 22.8 Å². The summed E-state index contributed by atoms with van der Waals surface area (Å²) in [5, 5.41) is 14.3. The van der Waals surface area contributed by atoms with E-state index in [0.717, 1.165) is 43.2 Å². The summed E-state index contributed by atoms with van der Waals surface area (Å²) in [4.78, 5) is 0. The number of ether oxygens (including phenoxy) is 3. The van der Waals surface area contributed by atoms with Gasteiger partial charge in [0.1, 0.15) is 36.1 Å². The van der Waals surface area contributed by atoms with Gasteiger partial charge in [-0.05, 0) is 49.9 Å². The molecule has 0 amide bonds. The van der Waals surface area contributed by atoms with Gasteiger partial charge in [-0.25, -0.2) is 0 Å². The second-order valence-corrected chi connectivity index (χ2v) is 7.24. The largest absolute Gasteiger partial charge is 0.508 e. The van der Waals surface area contributed by atoms with Gasteiger partial charge in [0.15, 0.2) is 0 Å². The zero-order valence-electron chi connectivity index (χ0n) is 17.9. The Bertz CT molecular complexity index is 715. The van der Waals surface area contributed by atoms with Crippen LogP contribution in [-0.4, -0.2) is 39.5 Å². The molecular weight excluding hydrogens is 368 g/mol. The Kier molecular flexibility index (Phi) is 10.2. The van der Waals surface area contributed by atoms with Crippen molar-refractivity contribution in [1.82, 2.24) is 0 Å². The van der Waals surface area contributed by atoms with Gasteiger partial charge in [0.05, 0.1) is 34.4 Å². The molecule has 0 bridgehead atoms. The monoisotopic (exact) mass is 404 g/mol. The predicted octanol–water partition coefficient (Wildman–Crippen LogP) is 1.81. The van der Waals surface area contributed by atoms with E-state index in [1.54, 1.807) is 33.5 Å². The molecule has 160 valence electrons. The van der Waals surface area contributed by atoms with Crippen molar-refractivity contribution in [1.29, 1.82) is 0 Å². The minimum absolute atomic E-state index is 0.261. The fourth-order valence-corrected chi connectivity index (χ4v) is 3.33. The normalized spacial score (nSPS) is 10.7.